The molecule has 1 N–H and O–H groups in total. The highest BCUT2D eigenvalue weighted by molar-refractivity contribution is 5.94. The lowest BCUT2D eigenvalue weighted by Gasteiger charge is -2.39. The quantitative estimate of drug-likeness (QED) is 0.841. The number of nitrogens with one attached hydrogen (secondary N) is 1. The third-order valence-electron chi connectivity index (χ3n) is 6.51. The topological polar surface area (TPSA) is 54.0 Å². The largest absolute Gasteiger partial charge is 0.454 e. The molecule has 0 radical (unpaired) electrons. The Balaban J connectivity index is 1.29. The molecule has 0 spiro atoms. The summed E-state index contributed by atoms with van der Waals surface area (Å²) < 4.78 is 10.7. The SMILES string of the molecule is CC1CCN(CC2CCCN(C(C)C(=O)Nc3ccc4c(c3)OCO4)C2)CC1. The minimum atomic E-state index is -0.130. The Bertz CT molecular complexity index is 688. The number of benzene rings is 1. The Morgan fingerprint density at radius 2 is 1.96 bits per heavy atom. The summed E-state index contributed by atoms with van der Waals surface area (Å²) >= 11 is 0. The summed E-state index contributed by atoms with van der Waals surface area (Å²) in [6, 6.07) is 5.42. The van der Waals surface area contributed by atoms with E-state index in [9.17, 15) is 4.79 Å². The molecule has 154 valence electrons. The van der Waals surface area contributed by atoms with Gasteiger partial charge in [-0.2, -0.15) is 0 Å². The number of piperidine rings is 2. The number of rotatable bonds is 5. The highest BCUT2D eigenvalue weighted by atomic mass is 16.7. The molecular weight excluding hydrogens is 354 g/mol. The number of hydrogen-bond donors (Lipinski definition) is 1. The first-order valence-electron chi connectivity index (χ1n) is 10.8. The summed E-state index contributed by atoms with van der Waals surface area (Å²) in [5.41, 5.74) is 0.761. The normalized spacial score (nSPS) is 24.9. The van der Waals surface area contributed by atoms with Crippen LogP contribution in [0, 0.1) is 11.8 Å². The lowest BCUT2D eigenvalue weighted by Crippen LogP contribution is -2.49. The van der Waals surface area contributed by atoms with Gasteiger partial charge >= 0.3 is 0 Å². The first-order chi connectivity index (χ1) is 13.6. The predicted octanol–water partition coefficient (Wildman–Crippen LogP) is 3.19. The van der Waals surface area contributed by atoms with Gasteiger partial charge in [0.1, 0.15) is 0 Å². The standard InChI is InChI=1S/C22H33N3O3/c1-16-7-10-24(11-8-16)13-18-4-3-9-25(14-18)17(2)22(26)23-19-5-6-20-21(12-19)28-15-27-20/h5-6,12,16-18H,3-4,7-11,13-15H2,1-2H3,(H,23,26). The lowest BCUT2D eigenvalue weighted by molar-refractivity contribution is -0.121. The van der Waals surface area contributed by atoms with Gasteiger partial charge in [0.25, 0.3) is 0 Å². The molecule has 1 aromatic carbocycles. The van der Waals surface area contributed by atoms with E-state index in [0.717, 1.165) is 30.4 Å². The van der Waals surface area contributed by atoms with Crippen LogP contribution in [0.15, 0.2) is 18.2 Å². The summed E-state index contributed by atoms with van der Waals surface area (Å²) in [6.07, 6.45) is 5.10. The van der Waals surface area contributed by atoms with Gasteiger partial charge < -0.3 is 19.7 Å². The van der Waals surface area contributed by atoms with Crippen molar-refractivity contribution in [3.63, 3.8) is 0 Å². The van der Waals surface area contributed by atoms with Gasteiger partial charge in [-0.1, -0.05) is 6.92 Å². The van der Waals surface area contributed by atoms with E-state index < -0.39 is 0 Å². The monoisotopic (exact) mass is 387 g/mol. The van der Waals surface area contributed by atoms with Crippen molar-refractivity contribution < 1.29 is 14.3 Å². The van der Waals surface area contributed by atoms with Crippen LogP contribution in [0.25, 0.3) is 0 Å². The van der Waals surface area contributed by atoms with Gasteiger partial charge in [-0.15, -0.1) is 0 Å². The smallest absolute Gasteiger partial charge is 0.241 e. The van der Waals surface area contributed by atoms with E-state index in [0.29, 0.717) is 11.7 Å². The van der Waals surface area contributed by atoms with Crippen LogP contribution in [0.3, 0.4) is 0 Å². The molecule has 3 aliphatic heterocycles. The third kappa shape index (κ3) is 4.61. The fraction of sp³-hybridized carbons (Fsp3) is 0.682. The third-order valence-corrected chi connectivity index (χ3v) is 6.51. The molecule has 6 nitrogen and oxygen atoms in total. The minimum absolute atomic E-state index is 0.0475. The first kappa shape index (κ1) is 19.5. The van der Waals surface area contributed by atoms with E-state index in [-0.39, 0.29) is 18.7 Å². The highest BCUT2D eigenvalue weighted by Crippen LogP contribution is 2.34. The van der Waals surface area contributed by atoms with Gasteiger partial charge in [0, 0.05) is 24.8 Å². The second kappa shape index (κ2) is 8.70. The molecule has 2 atom stereocenters. The van der Waals surface area contributed by atoms with Crippen molar-refractivity contribution in [2.24, 2.45) is 11.8 Å². The fourth-order valence-electron chi connectivity index (χ4n) is 4.59. The van der Waals surface area contributed by atoms with E-state index in [4.69, 9.17) is 9.47 Å². The molecule has 6 heteroatoms. The lowest BCUT2D eigenvalue weighted by atomic mass is 9.93. The van der Waals surface area contributed by atoms with Crippen molar-refractivity contribution in [3.05, 3.63) is 18.2 Å². The number of carbonyl (C=O) groups excluding carboxylic acids is 1. The van der Waals surface area contributed by atoms with Gasteiger partial charge in [-0.25, -0.2) is 0 Å². The van der Waals surface area contributed by atoms with Crippen molar-refractivity contribution in [2.45, 2.75) is 45.6 Å². The number of fused-ring (bicyclic) bond motifs is 1. The molecule has 2 unspecified atom stereocenters. The number of nitrogens with zero attached hydrogens (tertiary/aromatic N) is 2. The summed E-state index contributed by atoms with van der Waals surface area (Å²) in [6.45, 7) is 10.3. The zero-order valence-electron chi connectivity index (χ0n) is 17.2. The van der Waals surface area contributed by atoms with Crippen molar-refractivity contribution in [1.82, 2.24) is 9.80 Å². The number of likely N-dealkylation sites (tertiary alicyclic amines) is 2. The van der Waals surface area contributed by atoms with Crippen molar-refractivity contribution in [1.29, 1.82) is 0 Å². The molecule has 1 aromatic rings. The molecule has 0 aliphatic carbocycles. The van der Waals surface area contributed by atoms with Crippen LogP contribution in [0.2, 0.25) is 0 Å². The zero-order chi connectivity index (χ0) is 19.5. The van der Waals surface area contributed by atoms with Crippen LogP contribution in [0.4, 0.5) is 5.69 Å². The van der Waals surface area contributed by atoms with E-state index in [1.807, 2.05) is 25.1 Å². The molecule has 0 saturated carbocycles. The molecule has 3 aliphatic rings. The van der Waals surface area contributed by atoms with E-state index >= 15 is 0 Å². The van der Waals surface area contributed by atoms with Gasteiger partial charge in [0.2, 0.25) is 12.7 Å². The van der Waals surface area contributed by atoms with Crippen LogP contribution in [-0.2, 0) is 4.79 Å². The van der Waals surface area contributed by atoms with E-state index in [1.165, 1.54) is 45.3 Å². The van der Waals surface area contributed by atoms with Crippen LogP contribution in [0.1, 0.15) is 39.5 Å². The van der Waals surface area contributed by atoms with Gasteiger partial charge in [-0.05, 0) is 76.2 Å². The van der Waals surface area contributed by atoms with Crippen LogP contribution >= 0.6 is 0 Å². The minimum Gasteiger partial charge on any atom is -0.454 e. The number of amides is 1. The van der Waals surface area contributed by atoms with Crippen molar-refractivity contribution >= 4 is 11.6 Å². The summed E-state index contributed by atoms with van der Waals surface area (Å²) in [5.74, 6) is 3.02. The number of carbonyl (C=O) groups is 1. The summed E-state index contributed by atoms with van der Waals surface area (Å²) in [4.78, 5) is 17.8. The molecule has 3 heterocycles. The molecule has 28 heavy (non-hydrogen) atoms. The highest BCUT2D eigenvalue weighted by Gasteiger charge is 2.29. The second-order valence-corrected chi connectivity index (χ2v) is 8.72. The Kier molecular flexibility index (Phi) is 6.07. The Hall–Kier alpha value is -1.79. The fourth-order valence-corrected chi connectivity index (χ4v) is 4.59. The number of hydrogen-bond acceptors (Lipinski definition) is 5. The Labute approximate surface area is 168 Å². The van der Waals surface area contributed by atoms with E-state index in [1.54, 1.807) is 0 Å². The van der Waals surface area contributed by atoms with Crippen LogP contribution in [0.5, 0.6) is 11.5 Å². The molecule has 4 rings (SSSR count). The Morgan fingerprint density at radius 3 is 2.79 bits per heavy atom. The molecule has 0 bridgehead atoms. The summed E-state index contributed by atoms with van der Waals surface area (Å²) in [7, 11) is 0. The number of anilines is 1. The average molecular weight is 388 g/mol. The van der Waals surface area contributed by atoms with Gasteiger partial charge in [0.05, 0.1) is 6.04 Å². The summed E-state index contributed by atoms with van der Waals surface area (Å²) in [5, 5.41) is 3.04. The van der Waals surface area contributed by atoms with Gasteiger partial charge in [-0.3, -0.25) is 9.69 Å². The second-order valence-electron chi connectivity index (χ2n) is 8.72. The molecule has 0 aromatic heterocycles. The van der Waals surface area contributed by atoms with E-state index in [2.05, 4.69) is 22.0 Å². The van der Waals surface area contributed by atoms with Gasteiger partial charge in [0.15, 0.2) is 11.5 Å². The molecule has 1 amide bonds. The maximum atomic E-state index is 12.8. The maximum Gasteiger partial charge on any atom is 0.241 e. The molecule has 2 fully saturated rings. The molecular formula is C22H33N3O3. The van der Waals surface area contributed by atoms with Crippen molar-refractivity contribution in [3.8, 4) is 11.5 Å². The van der Waals surface area contributed by atoms with Crippen LogP contribution in [-0.4, -0.2) is 61.3 Å². The maximum absolute atomic E-state index is 12.8. The zero-order valence-corrected chi connectivity index (χ0v) is 17.2. The Morgan fingerprint density at radius 1 is 1.18 bits per heavy atom. The van der Waals surface area contributed by atoms with Crippen molar-refractivity contribution in [2.75, 3.05) is 44.8 Å². The first-order valence-corrected chi connectivity index (χ1v) is 10.8. The number of ether oxygens (including phenoxy) is 2. The molecule has 2 saturated heterocycles. The predicted molar refractivity (Wildman–Crippen MR) is 110 cm³/mol. The average Bonchev–Trinajstić information content (AvgIpc) is 3.17. The van der Waals surface area contributed by atoms with Crippen LogP contribution < -0.4 is 14.8 Å².